The highest BCUT2D eigenvalue weighted by Crippen LogP contribution is 2.36. The van der Waals surface area contributed by atoms with Crippen molar-refractivity contribution in [2.75, 3.05) is 6.61 Å². The van der Waals surface area contributed by atoms with Gasteiger partial charge in [-0.15, -0.1) is 0 Å². The molecule has 0 aromatic rings. The number of hydrogen-bond donors (Lipinski definition) is 1. The van der Waals surface area contributed by atoms with Gasteiger partial charge >= 0.3 is 0 Å². The zero-order valence-corrected chi connectivity index (χ0v) is 10.2. The fourth-order valence-corrected chi connectivity index (χ4v) is 2.59. The van der Waals surface area contributed by atoms with Gasteiger partial charge in [-0.05, 0) is 30.6 Å². The molecular formula is C13H25NO. The van der Waals surface area contributed by atoms with E-state index in [4.69, 9.17) is 10.5 Å². The first-order valence-corrected chi connectivity index (χ1v) is 6.47. The second-order valence-corrected chi connectivity index (χ2v) is 6.05. The summed E-state index contributed by atoms with van der Waals surface area (Å²) in [6, 6.07) is 0.227. The summed E-state index contributed by atoms with van der Waals surface area (Å²) in [6.07, 6.45) is 8.09. The third kappa shape index (κ3) is 2.94. The lowest BCUT2D eigenvalue weighted by Crippen LogP contribution is -2.50. The lowest BCUT2D eigenvalue weighted by atomic mass is 9.72. The highest BCUT2D eigenvalue weighted by molar-refractivity contribution is 4.92. The minimum absolute atomic E-state index is 0.227. The number of ether oxygens (including phenoxy) is 1. The van der Waals surface area contributed by atoms with Crippen molar-refractivity contribution in [3.05, 3.63) is 0 Å². The molecule has 2 aliphatic rings. The second kappa shape index (κ2) is 4.42. The van der Waals surface area contributed by atoms with Crippen LogP contribution >= 0.6 is 0 Å². The molecule has 88 valence electrons. The van der Waals surface area contributed by atoms with Crippen LogP contribution in [-0.4, -0.2) is 18.8 Å². The Labute approximate surface area is 93.6 Å². The normalized spacial score (nSPS) is 35.4. The van der Waals surface area contributed by atoms with E-state index < -0.39 is 0 Å². The average molecular weight is 211 g/mol. The van der Waals surface area contributed by atoms with E-state index in [1.54, 1.807) is 0 Å². The Morgan fingerprint density at radius 2 is 2.00 bits per heavy atom. The molecule has 2 atom stereocenters. The summed E-state index contributed by atoms with van der Waals surface area (Å²) in [7, 11) is 0. The Morgan fingerprint density at radius 1 is 1.27 bits per heavy atom. The van der Waals surface area contributed by atoms with Crippen molar-refractivity contribution in [2.24, 2.45) is 17.1 Å². The van der Waals surface area contributed by atoms with Crippen LogP contribution < -0.4 is 5.73 Å². The van der Waals surface area contributed by atoms with Crippen molar-refractivity contribution in [1.29, 1.82) is 0 Å². The largest absolute Gasteiger partial charge is 0.377 e. The van der Waals surface area contributed by atoms with Gasteiger partial charge in [-0.3, -0.25) is 0 Å². The SMILES string of the molecule is CC1(C)CCCC(OCCC2CC2)C1N. The van der Waals surface area contributed by atoms with Gasteiger partial charge in [0.15, 0.2) is 0 Å². The van der Waals surface area contributed by atoms with Crippen molar-refractivity contribution < 1.29 is 4.74 Å². The van der Waals surface area contributed by atoms with E-state index >= 15 is 0 Å². The molecule has 0 bridgehead atoms. The van der Waals surface area contributed by atoms with Gasteiger partial charge in [0.1, 0.15) is 0 Å². The molecule has 2 rings (SSSR count). The Morgan fingerprint density at radius 3 is 2.67 bits per heavy atom. The zero-order chi connectivity index (χ0) is 10.9. The Kier molecular flexibility index (Phi) is 3.36. The summed E-state index contributed by atoms with van der Waals surface area (Å²) >= 11 is 0. The topological polar surface area (TPSA) is 35.2 Å². The van der Waals surface area contributed by atoms with Gasteiger partial charge < -0.3 is 10.5 Å². The molecule has 2 heteroatoms. The molecule has 0 saturated heterocycles. The molecule has 2 fully saturated rings. The molecule has 0 heterocycles. The highest BCUT2D eigenvalue weighted by atomic mass is 16.5. The molecule has 2 unspecified atom stereocenters. The summed E-state index contributed by atoms with van der Waals surface area (Å²) in [5.41, 5.74) is 6.53. The van der Waals surface area contributed by atoms with E-state index in [-0.39, 0.29) is 11.5 Å². The molecule has 15 heavy (non-hydrogen) atoms. The standard InChI is InChI=1S/C13H25NO/c1-13(2)8-3-4-11(12(13)14)15-9-7-10-5-6-10/h10-12H,3-9,14H2,1-2H3. The van der Waals surface area contributed by atoms with Gasteiger partial charge in [0.2, 0.25) is 0 Å². The monoisotopic (exact) mass is 211 g/mol. The van der Waals surface area contributed by atoms with Crippen molar-refractivity contribution in [2.45, 2.75) is 64.5 Å². The van der Waals surface area contributed by atoms with Gasteiger partial charge in [0, 0.05) is 12.6 Å². The Hall–Kier alpha value is -0.0800. The molecule has 0 amide bonds. The van der Waals surface area contributed by atoms with Crippen LogP contribution in [-0.2, 0) is 4.74 Å². The average Bonchev–Trinajstić information content (AvgIpc) is 2.96. The summed E-state index contributed by atoms with van der Waals surface area (Å²) < 4.78 is 5.96. The first-order chi connectivity index (χ1) is 7.09. The van der Waals surface area contributed by atoms with E-state index in [1.807, 2.05) is 0 Å². The number of nitrogens with two attached hydrogens (primary N) is 1. The molecule has 0 aliphatic heterocycles. The molecule has 0 spiro atoms. The van der Waals surface area contributed by atoms with Crippen LogP contribution in [0.15, 0.2) is 0 Å². The minimum atomic E-state index is 0.227. The first kappa shape index (κ1) is 11.4. The number of rotatable bonds is 4. The van der Waals surface area contributed by atoms with Crippen molar-refractivity contribution in [1.82, 2.24) is 0 Å². The molecular weight excluding hydrogens is 186 g/mol. The maximum atomic E-state index is 6.26. The fourth-order valence-electron chi connectivity index (χ4n) is 2.59. The van der Waals surface area contributed by atoms with Gasteiger partial charge in [0.05, 0.1) is 6.10 Å². The first-order valence-electron chi connectivity index (χ1n) is 6.47. The van der Waals surface area contributed by atoms with Gasteiger partial charge in [-0.2, -0.15) is 0 Å². The van der Waals surface area contributed by atoms with Crippen LogP contribution in [0.4, 0.5) is 0 Å². The quantitative estimate of drug-likeness (QED) is 0.776. The van der Waals surface area contributed by atoms with E-state index in [9.17, 15) is 0 Å². The van der Waals surface area contributed by atoms with E-state index in [0.29, 0.717) is 6.10 Å². The van der Waals surface area contributed by atoms with Gasteiger partial charge in [0.25, 0.3) is 0 Å². The van der Waals surface area contributed by atoms with E-state index in [0.717, 1.165) is 18.9 Å². The fraction of sp³-hybridized carbons (Fsp3) is 1.00. The summed E-state index contributed by atoms with van der Waals surface area (Å²) in [5, 5.41) is 0. The summed E-state index contributed by atoms with van der Waals surface area (Å²) in [5.74, 6) is 0.970. The lowest BCUT2D eigenvalue weighted by molar-refractivity contribution is -0.0262. The predicted octanol–water partition coefficient (Wildman–Crippen LogP) is 2.71. The van der Waals surface area contributed by atoms with E-state index in [1.165, 1.54) is 32.1 Å². The van der Waals surface area contributed by atoms with Crippen LogP contribution in [0.5, 0.6) is 0 Å². The molecule has 2 aliphatic carbocycles. The highest BCUT2D eigenvalue weighted by Gasteiger charge is 2.37. The van der Waals surface area contributed by atoms with Crippen molar-refractivity contribution in [3.63, 3.8) is 0 Å². The zero-order valence-electron chi connectivity index (χ0n) is 10.2. The van der Waals surface area contributed by atoms with Gasteiger partial charge in [-0.1, -0.05) is 33.1 Å². The Bertz CT molecular complexity index is 211. The van der Waals surface area contributed by atoms with Crippen molar-refractivity contribution in [3.8, 4) is 0 Å². The molecule has 0 aromatic carbocycles. The summed E-state index contributed by atoms with van der Waals surface area (Å²) in [4.78, 5) is 0. The smallest absolute Gasteiger partial charge is 0.0731 e. The maximum Gasteiger partial charge on any atom is 0.0731 e. The van der Waals surface area contributed by atoms with Crippen LogP contribution in [0.1, 0.15) is 52.4 Å². The third-order valence-electron chi connectivity index (χ3n) is 4.17. The molecule has 2 N–H and O–H groups in total. The third-order valence-corrected chi connectivity index (χ3v) is 4.17. The number of hydrogen-bond acceptors (Lipinski definition) is 2. The summed E-state index contributed by atoms with van der Waals surface area (Å²) in [6.45, 7) is 5.47. The lowest BCUT2D eigenvalue weighted by Gasteiger charge is -2.41. The van der Waals surface area contributed by atoms with Crippen LogP contribution in [0.3, 0.4) is 0 Å². The van der Waals surface area contributed by atoms with Crippen LogP contribution in [0, 0.1) is 11.3 Å². The van der Waals surface area contributed by atoms with Crippen molar-refractivity contribution >= 4 is 0 Å². The van der Waals surface area contributed by atoms with Crippen LogP contribution in [0.2, 0.25) is 0 Å². The van der Waals surface area contributed by atoms with Gasteiger partial charge in [-0.25, -0.2) is 0 Å². The van der Waals surface area contributed by atoms with E-state index in [2.05, 4.69) is 13.8 Å². The minimum Gasteiger partial charge on any atom is -0.377 e. The predicted molar refractivity (Wildman–Crippen MR) is 62.7 cm³/mol. The van der Waals surface area contributed by atoms with Crippen LogP contribution in [0.25, 0.3) is 0 Å². The molecule has 0 aromatic heterocycles. The molecule has 0 radical (unpaired) electrons. The molecule has 2 saturated carbocycles. The molecule has 2 nitrogen and oxygen atoms in total. The maximum absolute atomic E-state index is 6.26. The second-order valence-electron chi connectivity index (χ2n) is 6.05. The Balaban J connectivity index is 1.74.